The highest BCUT2D eigenvalue weighted by Gasteiger charge is 2.61. The predicted octanol–water partition coefficient (Wildman–Crippen LogP) is 2.34. The fraction of sp³-hybridized carbons (Fsp3) is 0.500. The Morgan fingerprint density at radius 3 is 1.91 bits per heavy atom. The third kappa shape index (κ3) is 4.34. The molecule has 1 N–H and O–H groups in total. The topological polar surface area (TPSA) is 83.5 Å². The predicted molar refractivity (Wildman–Crippen MR) is 129 cm³/mol. The summed E-state index contributed by atoms with van der Waals surface area (Å²) in [7, 11) is -1.78. The van der Waals surface area contributed by atoms with E-state index in [0.717, 1.165) is 10.4 Å². The van der Waals surface area contributed by atoms with Crippen LogP contribution in [-0.4, -0.2) is 63.0 Å². The van der Waals surface area contributed by atoms with E-state index in [1.54, 1.807) is 13.8 Å². The van der Waals surface area contributed by atoms with Crippen molar-refractivity contribution < 1.29 is 33.3 Å². The van der Waals surface area contributed by atoms with Crippen LogP contribution < -0.4 is 10.4 Å². The molecule has 2 aliphatic rings. The van der Waals surface area contributed by atoms with Crippen molar-refractivity contribution in [3.63, 3.8) is 0 Å². The molecule has 4 rings (SSSR count). The summed E-state index contributed by atoms with van der Waals surface area (Å²) in [6.07, 6.45) is -4.94. The van der Waals surface area contributed by atoms with Crippen molar-refractivity contribution in [3.05, 3.63) is 60.7 Å². The highest BCUT2D eigenvalue weighted by Crippen LogP contribution is 2.43. The van der Waals surface area contributed by atoms with Crippen molar-refractivity contribution >= 4 is 24.7 Å². The number of methoxy groups -OCH3 is 1. The average molecular weight is 487 g/mol. The van der Waals surface area contributed by atoms with Gasteiger partial charge in [-0.2, -0.15) is 0 Å². The van der Waals surface area contributed by atoms with Gasteiger partial charge in [0.1, 0.15) is 18.3 Å². The van der Waals surface area contributed by atoms with Gasteiger partial charge >= 0.3 is 5.97 Å². The zero-order valence-electron chi connectivity index (χ0n) is 20.6. The minimum Gasteiger partial charge on any atom is -0.467 e. The van der Waals surface area contributed by atoms with Gasteiger partial charge in [-0.05, 0) is 29.3 Å². The molecule has 0 bridgehead atoms. The molecule has 0 spiro atoms. The number of carbonyl (C=O) groups is 1. The third-order valence-corrected chi connectivity index (χ3v) is 11.5. The number of ether oxygens (including phenoxy) is 4. The Bertz CT molecular complexity index is 950. The first kappa shape index (κ1) is 25.0. The zero-order valence-corrected chi connectivity index (χ0v) is 21.6. The molecule has 2 fully saturated rings. The van der Waals surface area contributed by atoms with E-state index in [0.29, 0.717) is 0 Å². The van der Waals surface area contributed by atoms with Gasteiger partial charge in [-0.1, -0.05) is 81.4 Å². The van der Waals surface area contributed by atoms with Crippen molar-refractivity contribution in [3.8, 4) is 0 Å². The second-order valence-electron chi connectivity index (χ2n) is 10.3. The number of hydrogen-bond donors (Lipinski definition) is 1. The average Bonchev–Trinajstić information content (AvgIpc) is 3.14. The molecular weight excluding hydrogens is 452 g/mol. The minimum absolute atomic E-state index is 0.336. The van der Waals surface area contributed by atoms with Crippen molar-refractivity contribution in [2.75, 3.05) is 7.11 Å². The Kier molecular flexibility index (Phi) is 6.76. The summed E-state index contributed by atoms with van der Waals surface area (Å²) >= 11 is 0. The molecule has 2 heterocycles. The number of benzene rings is 2. The summed E-state index contributed by atoms with van der Waals surface area (Å²) < 4.78 is 30.2. The zero-order chi connectivity index (χ0) is 24.7. The molecule has 8 heteroatoms. The molecule has 2 aromatic carbocycles. The van der Waals surface area contributed by atoms with Crippen molar-refractivity contribution in [1.29, 1.82) is 0 Å². The maximum Gasteiger partial charge on any atom is 0.337 e. The van der Waals surface area contributed by atoms with Gasteiger partial charge in [-0.15, -0.1) is 0 Å². The summed E-state index contributed by atoms with van der Waals surface area (Å²) in [5.74, 6) is -1.61. The second-order valence-corrected chi connectivity index (χ2v) is 14.5. The first-order valence-electron chi connectivity index (χ1n) is 11.6. The fourth-order valence-corrected chi connectivity index (χ4v) is 9.78. The van der Waals surface area contributed by atoms with Crippen LogP contribution in [0.4, 0.5) is 0 Å². The summed E-state index contributed by atoms with van der Waals surface area (Å²) in [6, 6.07) is 20.2. The quantitative estimate of drug-likeness (QED) is 0.513. The molecule has 2 saturated heterocycles. The van der Waals surface area contributed by atoms with Crippen LogP contribution in [0.2, 0.25) is 5.04 Å². The minimum atomic E-state index is -3.07. The standard InChI is InChI=1S/C26H34O7Si/c1-25(2,3)34(17-13-9-7-10-14-17,18-15-11-8-12-16-18)33-20-19-22(32-26(4,5)31-19)24(28)30-21(20)23(27)29-6/h7-16,19-22,24,28H,1-6H3/t19-,20-,21-,22-,24?/m0/s1. The van der Waals surface area contributed by atoms with Crippen LogP contribution in [0.3, 0.4) is 0 Å². The summed E-state index contributed by atoms with van der Waals surface area (Å²) in [4.78, 5) is 12.9. The highest BCUT2D eigenvalue weighted by molar-refractivity contribution is 6.99. The van der Waals surface area contributed by atoms with E-state index in [1.165, 1.54) is 7.11 Å². The van der Waals surface area contributed by atoms with Crippen LogP contribution in [0.15, 0.2) is 60.7 Å². The Labute approximate surface area is 202 Å². The smallest absolute Gasteiger partial charge is 0.337 e. The normalized spacial score (nSPS) is 28.9. The van der Waals surface area contributed by atoms with Crippen LogP contribution in [0.1, 0.15) is 34.6 Å². The van der Waals surface area contributed by atoms with Gasteiger partial charge in [0.2, 0.25) is 0 Å². The van der Waals surface area contributed by atoms with E-state index < -0.39 is 50.8 Å². The van der Waals surface area contributed by atoms with Crippen molar-refractivity contribution in [1.82, 2.24) is 0 Å². The molecule has 7 nitrogen and oxygen atoms in total. The lowest BCUT2D eigenvalue weighted by atomic mass is 9.99. The van der Waals surface area contributed by atoms with Crippen LogP contribution in [0.25, 0.3) is 0 Å². The number of fused-ring (bicyclic) bond motifs is 1. The Balaban J connectivity index is 1.90. The van der Waals surface area contributed by atoms with Gasteiger partial charge < -0.3 is 28.5 Å². The lowest BCUT2D eigenvalue weighted by molar-refractivity contribution is -0.255. The van der Waals surface area contributed by atoms with Crippen LogP contribution in [-0.2, 0) is 28.2 Å². The van der Waals surface area contributed by atoms with E-state index in [2.05, 4.69) is 45.0 Å². The van der Waals surface area contributed by atoms with E-state index >= 15 is 0 Å². The van der Waals surface area contributed by atoms with E-state index in [9.17, 15) is 9.90 Å². The maximum atomic E-state index is 12.9. The Morgan fingerprint density at radius 2 is 1.44 bits per heavy atom. The van der Waals surface area contributed by atoms with Gasteiger partial charge in [-0.25, -0.2) is 4.79 Å². The number of aliphatic hydroxyl groups is 1. The Hall–Kier alpha value is -2.07. The number of carbonyl (C=O) groups excluding carboxylic acids is 1. The highest BCUT2D eigenvalue weighted by atomic mass is 28.4. The molecule has 34 heavy (non-hydrogen) atoms. The van der Waals surface area contributed by atoms with Crippen molar-refractivity contribution in [2.24, 2.45) is 0 Å². The third-order valence-electron chi connectivity index (χ3n) is 6.52. The fourth-order valence-electron chi connectivity index (χ4n) is 5.10. The molecule has 0 aliphatic carbocycles. The van der Waals surface area contributed by atoms with Crippen LogP contribution in [0.5, 0.6) is 0 Å². The van der Waals surface area contributed by atoms with Crippen LogP contribution >= 0.6 is 0 Å². The van der Waals surface area contributed by atoms with Gasteiger partial charge in [0.25, 0.3) is 8.32 Å². The monoisotopic (exact) mass is 486 g/mol. The number of hydrogen-bond acceptors (Lipinski definition) is 7. The van der Waals surface area contributed by atoms with Gasteiger partial charge in [0, 0.05) is 0 Å². The summed E-state index contributed by atoms with van der Waals surface area (Å²) in [6.45, 7) is 9.99. The molecule has 2 aromatic rings. The number of aliphatic hydroxyl groups excluding tert-OH is 1. The van der Waals surface area contributed by atoms with Gasteiger partial charge in [0.05, 0.1) is 7.11 Å². The van der Waals surface area contributed by atoms with Gasteiger partial charge in [-0.3, -0.25) is 0 Å². The van der Waals surface area contributed by atoms with Crippen molar-refractivity contribution in [2.45, 2.75) is 76.1 Å². The molecule has 0 saturated carbocycles. The Morgan fingerprint density at radius 1 is 0.941 bits per heavy atom. The second kappa shape index (κ2) is 9.18. The molecule has 5 atom stereocenters. The molecular formula is C26H34O7Si. The summed E-state index contributed by atoms with van der Waals surface area (Å²) in [5.41, 5.74) is 0. The SMILES string of the molecule is COC(=O)[C@H]1OC(O)[C@H]2OC(C)(C)O[C@H]2[C@@H]1O[Si](c1ccccc1)(c1ccccc1)C(C)(C)C. The molecule has 2 aliphatic heterocycles. The lowest BCUT2D eigenvalue weighted by Gasteiger charge is -2.49. The maximum absolute atomic E-state index is 12.9. The first-order chi connectivity index (χ1) is 16.0. The molecule has 1 unspecified atom stereocenters. The van der Waals surface area contributed by atoms with E-state index in [4.69, 9.17) is 23.4 Å². The first-order valence-corrected chi connectivity index (χ1v) is 13.5. The van der Waals surface area contributed by atoms with E-state index in [-0.39, 0.29) is 5.04 Å². The largest absolute Gasteiger partial charge is 0.467 e. The number of esters is 1. The molecule has 0 amide bonds. The lowest BCUT2D eigenvalue weighted by Crippen LogP contribution is -2.72. The molecule has 0 aromatic heterocycles. The number of rotatable bonds is 5. The van der Waals surface area contributed by atoms with Crippen LogP contribution in [0, 0.1) is 0 Å². The van der Waals surface area contributed by atoms with Gasteiger partial charge in [0.15, 0.2) is 18.2 Å². The summed E-state index contributed by atoms with van der Waals surface area (Å²) in [5, 5.41) is 12.4. The van der Waals surface area contributed by atoms with E-state index in [1.807, 2.05) is 36.4 Å². The molecule has 0 radical (unpaired) electrons. The molecule has 184 valence electrons.